The van der Waals surface area contributed by atoms with Crippen molar-refractivity contribution in [2.45, 2.75) is 25.6 Å². The highest BCUT2D eigenvalue weighted by atomic mass is 79.9. The van der Waals surface area contributed by atoms with Crippen LogP contribution in [0.5, 0.6) is 0 Å². The van der Waals surface area contributed by atoms with Crippen LogP contribution in [0.2, 0.25) is 0 Å². The molecule has 0 saturated heterocycles. The number of hydrogen-bond acceptors (Lipinski definition) is 4. The SMILES string of the molecule is Cn1cncc1CN1CC(NCc2cc(Br)ccc2F)Cc2cc(C#N)ccc21. The van der Waals surface area contributed by atoms with Gasteiger partial charge in [0.15, 0.2) is 0 Å². The summed E-state index contributed by atoms with van der Waals surface area (Å²) >= 11 is 3.41. The van der Waals surface area contributed by atoms with Gasteiger partial charge in [0.25, 0.3) is 0 Å². The molecule has 0 aliphatic carbocycles. The van der Waals surface area contributed by atoms with Gasteiger partial charge in [0.2, 0.25) is 0 Å². The molecule has 0 bridgehead atoms. The topological polar surface area (TPSA) is 56.9 Å². The third kappa shape index (κ3) is 4.34. The monoisotopic (exact) mass is 453 g/mol. The molecule has 3 aromatic rings. The lowest BCUT2D eigenvalue weighted by atomic mass is 9.95. The average molecular weight is 454 g/mol. The van der Waals surface area contributed by atoms with Crippen LogP contribution in [0.15, 0.2) is 53.4 Å². The van der Waals surface area contributed by atoms with Gasteiger partial charge in [-0.05, 0) is 48.4 Å². The fourth-order valence-electron chi connectivity index (χ4n) is 3.77. The van der Waals surface area contributed by atoms with E-state index in [1.807, 2.05) is 36.0 Å². The van der Waals surface area contributed by atoms with E-state index in [4.69, 9.17) is 0 Å². The molecule has 5 nitrogen and oxygen atoms in total. The van der Waals surface area contributed by atoms with Crippen LogP contribution < -0.4 is 10.2 Å². The lowest BCUT2D eigenvalue weighted by Gasteiger charge is -2.36. The minimum absolute atomic E-state index is 0.142. The Kier molecular flexibility index (Phi) is 5.65. The average Bonchev–Trinajstić information content (AvgIpc) is 3.12. The van der Waals surface area contributed by atoms with Crippen LogP contribution in [0.3, 0.4) is 0 Å². The second-order valence-electron chi connectivity index (χ2n) is 7.35. The first kappa shape index (κ1) is 19.6. The second-order valence-corrected chi connectivity index (χ2v) is 8.27. The number of nitrogens with one attached hydrogen (secondary N) is 1. The predicted octanol–water partition coefficient (Wildman–Crippen LogP) is 3.91. The van der Waals surface area contributed by atoms with Crippen molar-refractivity contribution in [3.8, 4) is 6.07 Å². The number of anilines is 1. The maximum atomic E-state index is 14.1. The Balaban J connectivity index is 1.57. The zero-order valence-corrected chi connectivity index (χ0v) is 17.7. The Morgan fingerprint density at radius 1 is 1.31 bits per heavy atom. The zero-order valence-electron chi connectivity index (χ0n) is 16.1. The number of halogens is 2. The van der Waals surface area contributed by atoms with Crippen LogP contribution in [0.4, 0.5) is 10.1 Å². The number of benzene rings is 2. The first-order valence-electron chi connectivity index (χ1n) is 9.44. The number of imidazole rings is 1. The minimum atomic E-state index is -0.213. The second kappa shape index (κ2) is 8.36. The molecule has 2 heterocycles. The van der Waals surface area contributed by atoms with Gasteiger partial charge < -0.3 is 14.8 Å². The number of rotatable bonds is 5. The smallest absolute Gasteiger partial charge is 0.127 e. The lowest BCUT2D eigenvalue weighted by Crippen LogP contribution is -2.46. The van der Waals surface area contributed by atoms with Crippen molar-refractivity contribution in [3.05, 3.63) is 81.6 Å². The number of hydrogen-bond donors (Lipinski definition) is 1. The molecular weight excluding hydrogens is 433 g/mol. The molecule has 0 saturated carbocycles. The highest BCUT2D eigenvalue weighted by molar-refractivity contribution is 9.10. The molecule has 0 amide bonds. The molecule has 1 aromatic heterocycles. The van der Waals surface area contributed by atoms with Crippen molar-refractivity contribution in [2.24, 2.45) is 7.05 Å². The van der Waals surface area contributed by atoms with E-state index in [1.54, 1.807) is 18.5 Å². The molecule has 29 heavy (non-hydrogen) atoms. The summed E-state index contributed by atoms with van der Waals surface area (Å²) in [7, 11) is 1.98. The summed E-state index contributed by atoms with van der Waals surface area (Å²) < 4.78 is 17.0. The van der Waals surface area contributed by atoms with Crippen LogP contribution in [0, 0.1) is 17.1 Å². The van der Waals surface area contributed by atoms with Crippen molar-refractivity contribution < 1.29 is 4.39 Å². The highest BCUT2D eigenvalue weighted by Crippen LogP contribution is 2.30. The van der Waals surface area contributed by atoms with Crippen molar-refractivity contribution in [1.82, 2.24) is 14.9 Å². The number of nitriles is 1. The largest absolute Gasteiger partial charge is 0.364 e. The summed E-state index contributed by atoms with van der Waals surface area (Å²) in [5, 5.41) is 12.8. The van der Waals surface area contributed by atoms with E-state index < -0.39 is 0 Å². The standard InChI is InChI=1S/C22H21BrFN5/c1-28-14-26-11-20(28)13-29-12-19(8-16-6-15(9-25)2-5-22(16)29)27-10-17-7-18(23)3-4-21(17)24/h2-7,11,14,19,27H,8,10,12-13H2,1H3. The van der Waals surface area contributed by atoms with E-state index in [1.165, 1.54) is 6.07 Å². The van der Waals surface area contributed by atoms with Gasteiger partial charge in [-0.15, -0.1) is 0 Å². The molecule has 4 rings (SSSR count). The quantitative estimate of drug-likeness (QED) is 0.635. The van der Waals surface area contributed by atoms with E-state index in [-0.39, 0.29) is 11.9 Å². The third-order valence-electron chi connectivity index (χ3n) is 5.31. The first-order chi connectivity index (χ1) is 14.0. The lowest BCUT2D eigenvalue weighted by molar-refractivity contribution is 0.470. The number of aryl methyl sites for hydroxylation is 1. The zero-order chi connectivity index (χ0) is 20.4. The van der Waals surface area contributed by atoms with Gasteiger partial charge in [-0.1, -0.05) is 15.9 Å². The fraction of sp³-hybridized carbons (Fsp3) is 0.273. The molecular formula is C22H21BrFN5. The molecule has 1 atom stereocenters. The van der Waals surface area contributed by atoms with Gasteiger partial charge in [-0.2, -0.15) is 5.26 Å². The summed E-state index contributed by atoms with van der Waals surface area (Å²) in [6.45, 7) is 1.96. The summed E-state index contributed by atoms with van der Waals surface area (Å²) in [6.07, 6.45) is 4.46. The molecule has 1 aliphatic heterocycles. The normalized spacial score (nSPS) is 15.8. The van der Waals surface area contributed by atoms with Crippen molar-refractivity contribution >= 4 is 21.6 Å². The van der Waals surface area contributed by atoms with Crippen molar-refractivity contribution in [2.75, 3.05) is 11.4 Å². The Morgan fingerprint density at radius 3 is 2.93 bits per heavy atom. The van der Waals surface area contributed by atoms with Crippen molar-refractivity contribution in [3.63, 3.8) is 0 Å². The maximum absolute atomic E-state index is 14.1. The van der Waals surface area contributed by atoms with E-state index in [2.05, 4.69) is 37.2 Å². The number of aromatic nitrogens is 2. The summed E-state index contributed by atoms with van der Waals surface area (Å²) in [5.41, 5.74) is 4.66. The predicted molar refractivity (Wildman–Crippen MR) is 114 cm³/mol. The van der Waals surface area contributed by atoms with E-state index in [9.17, 15) is 9.65 Å². The van der Waals surface area contributed by atoms with Crippen molar-refractivity contribution in [1.29, 1.82) is 5.26 Å². The Morgan fingerprint density at radius 2 is 2.17 bits per heavy atom. The molecule has 0 fully saturated rings. The van der Waals surface area contributed by atoms with Gasteiger partial charge in [0, 0.05) is 48.1 Å². The van der Waals surface area contributed by atoms with E-state index in [0.717, 1.165) is 40.9 Å². The summed E-state index contributed by atoms with van der Waals surface area (Å²) in [5.74, 6) is -0.213. The van der Waals surface area contributed by atoms with E-state index >= 15 is 0 Å². The van der Waals surface area contributed by atoms with E-state index in [0.29, 0.717) is 17.7 Å². The molecule has 7 heteroatoms. The summed E-state index contributed by atoms with van der Waals surface area (Å²) in [6, 6.07) is 13.2. The van der Waals surface area contributed by atoms with Gasteiger partial charge >= 0.3 is 0 Å². The fourth-order valence-corrected chi connectivity index (χ4v) is 4.18. The molecule has 1 N–H and O–H groups in total. The van der Waals surface area contributed by atoms with Gasteiger partial charge in [-0.25, -0.2) is 9.37 Å². The van der Waals surface area contributed by atoms with Gasteiger partial charge in [-0.3, -0.25) is 0 Å². The number of nitrogens with zero attached hydrogens (tertiary/aromatic N) is 4. The maximum Gasteiger partial charge on any atom is 0.127 e. The third-order valence-corrected chi connectivity index (χ3v) is 5.81. The Hall–Kier alpha value is -2.69. The van der Waals surface area contributed by atoms with Crippen LogP contribution in [-0.2, 0) is 26.6 Å². The molecule has 2 aromatic carbocycles. The molecule has 1 unspecified atom stereocenters. The molecule has 148 valence electrons. The van der Waals surface area contributed by atoms with Crippen LogP contribution in [-0.4, -0.2) is 22.1 Å². The Bertz CT molecular complexity index is 1070. The highest BCUT2D eigenvalue weighted by Gasteiger charge is 2.25. The van der Waals surface area contributed by atoms with Gasteiger partial charge in [0.1, 0.15) is 5.82 Å². The first-order valence-corrected chi connectivity index (χ1v) is 10.2. The molecule has 1 aliphatic rings. The molecule has 0 spiro atoms. The van der Waals surface area contributed by atoms with Gasteiger partial charge in [0.05, 0.1) is 30.2 Å². The Labute approximate surface area is 177 Å². The van der Waals surface area contributed by atoms with Crippen LogP contribution >= 0.6 is 15.9 Å². The van der Waals surface area contributed by atoms with Crippen LogP contribution in [0.1, 0.15) is 22.4 Å². The summed E-state index contributed by atoms with van der Waals surface area (Å²) in [4.78, 5) is 6.51. The minimum Gasteiger partial charge on any atom is -0.364 e. The van der Waals surface area contributed by atoms with Crippen LogP contribution in [0.25, 0.3) is 0 Å². The number of fused-ring (bicyclic) bond motifs is 1. The molecule has 0 radical (unpaired) electrons.